The Morgan fingerprint density at radius 3 is 1.50 bits per heavy atom. The van der Waals surface area contributed by atoms with Gasteiger partial charge < -0.3 is 0 Å². The van der Waals surface area contributed by atoms with Crippen molar-refractivity contribution in [2.45, 2.75) is 41.5 Å². The van der Waals surface area contributed by atoms with Crippen LogP contribution in [0.4, 0.5) is 0 Å². The Morgan fingerprint density at radius 2 is 0.920 bits per heavy atom. The van der Waals surface area contributed by atoms with E-state index >= 15 is 0 Å². The number of allylic oxidation sites excluding steroid dienone is 8. The number of hydrogen-bond donors (Lipinski definition) is 0. The van der Waals surface area contributed by atoms with E-state index in [0.717, 1.165) is 0 Å². The van der Waals surface area contributed by atoms with Gasteiger partial charge in [0.1, 0.15) is 0 Å². The summed E-state index contributed by atoms with van der Waals surface area (Å²) in [5, 5.41) is 5.45. The van der Waals surface area contributed by atoms with E-state index in [-0.39, 0.29) is 10.8 Å². The fraction of sp³-hybridized carbons (Fsp3) is 0.200. The van der Waals surface area contributed by atoms with Crippen LogP contribution in [0.5, 0.6) is 0 Å². The average Bonchev–Trinajstić information content (AvgIpc) is 3.61. The van der Waals surface area contributed by atoms with Gasteiger partial charge >= 0.3 is 0 Å². The molecule has 0 spiro atoms. The fourth-order valence-electron chi connectivity index (χ4n) is 9.46. The molecule has 10 rings (SSSR count). The summed E-state index contributed by atoms with van der Waals surface area (Å²) in [4.78, 5) is 0. The van der Waals surface area contributed by atoms with Crippen molar-refractivity contribution >= 4 is 32.7 Å². The molecule has 0 amide bonds. The molecule has 6 aromatic carbocycles. The third-order valence-electron chi connectivity index (χ3n) is 11.8. The first-order chi connectivity index (χ1) is 24.1. The van der Waals surface area contributed by atoms with Crippen LogP contribution < -0.4 is 0 Å². The predicted octanol–water partition coefficient (Wildman–Crippen LogP) is 14.0. The highest BCUT2D eigenvalue weighted by atomic mass is 14.5. The van der Waals surface area contributed by atoms with Crippen LogP contribution in [0.1, 0.15) is 52.7 Å². The fourth-order valence-corrected chi connectivity index (χ4v) is 9.46. The molecule has 50 heavy (non-hydrogen) atoms. The Bertz CT molecular complexity index is 2570. The summed E-state index contributed by atoms with van der Waals surface area (Å²) in [6, 6.07) is 41.1. The molecule has 0 radical (unpaired) electrons. The third kappa shape index (κ3) is 4.06. The van der Waals surface area contributed by atoms with E-state index in [2.05, 4.69) is 175 Å². The van der Waals surface area contributed by atoms with Crippen LogP contribution in [-0.4, -0.2) is 0 Å². The molecule has 0 heterocycles. The van der Waals surface area contributed by atoms with Crippen LogP contribution in [-0.2, 0) is 0 Å². The Labute approximate surface area is 296 Å². The number of hydrogen-bond acceptors (Lipinski definition) is 0. The van der Waals surface area contributed by atoms with Gasteiger partial charge in [-0.25, -0.2) is 0 Å². The van der Waals surface area contributed by atoms with Crippen molar-refractivity contribution in [3.63, 3.8) is 0 Å². The topological polar surface area (TPSA) is 0 Å². The van der Waals surface area contributed by atoms with Gasteiger partial charge in [-0.05, 0) is 116 Å². The summed E-state index contributed by atoms with van der Waals surface area (Å²) in [6.07, 6.45) is 10.4. The van der Waals surface area contributed by atoms with Crippen LogP contribution in [0.15, 0.2) is 145 Å². The molecule has 242 valence electrons. The molecule has 0 heteroatoms. The molecule has 0 aromatic heterocycles. The summed E-state index contributed by atoms with van der Waals surface area (Å²) in [5.74, 6) is 0.602. The zero-order valence-corrected chi connectivity index (χ0v) is 29.9. The number of benzene rings is 6. The number of rotatable bonds is 2. The Kier molecular flexibility index (Phi) is 6.04. The second-order valence-corrected chi connectivity index (χ2v) is 16.9. The maximum absolute atomic E-state index is 2.60. The van der Waals surface area contributed by atoms with Crippen LogP contribution in [0.2, 0.25) is 0 Å². The van der Waals surface area contributed by atoms with E-state index in [0.29, 0.717) is 11.8 Å². The van der Waals surface area contributed by atoms with E-state index in [9.17, 15) is 0 Å². The lowest BCUT2D eigenvalue weighted by molar-refractivity contribution is 0.491. The van der Waals surface area contributed by atoms with Crippen molar-refractivity contribution in [1.82, 2.24) is 0 Å². The minimum atomic E-state index is 0.0326. The first-order valence-corrected chi connectivity index (χ1v) is 18.3. The molecule has 0 nitrogen and oxygen atoms in total. The maximum Gasteiger partial charge on any atom is 0.0200 e. The summed E-state index contributed by atoms with van der Waals surface area (Å²) in [5.41, 5.74) is 19.5. The Hall–Kier alpha value is -5.20. The lowest BCUT2D eigenvalue weighted by Gasteiger charge is -2.36. The van der Waals surface area contributed by atoms with E-state index in [4.69, 9.17) is 0 Å². The molecular formula is C50H42. The molecule has 2 unspecified atom stereocenters. The first kappa shape index (κ1) is 29.7. The molecule has 2 atom stereocenters. The van der Waals surface area contributed by atoms with Gasteiger partial charge in [0.2, 0.25) is 0 Å². The van der Waals surface area contributed by atoms with E-state index in [1.807, 2.05) is 0 Å². The van der Waals surface area contributed by atoms with Crippen molar-refractivity contribution in [2.24, 2.45) is 22.7 Å². The minimum Gasteiger partial charge on any atom is -0.0729 e. The third-order valence-corrected chi connectivity index (χ3v) is 11.8. The van der Waals surface area contributed by atoms with E-state index in [1.165, 1.54) is 99.5 Å². The quantitative estimate of drug-likeness (QED) is 0.165. The van der Waals surface area contributed by atoms with Gasteiger partial charge in [0.15, 0.2) is 0 Å². The zero-order chi connectivity index (χ0) is 34.1. The predicted molar refractivity (Wildman–Crippen MR) is 215 cm³/mol. The zero-order valence-electron chi connectivity index (χ0n) is 29.9. The number of fused-ring (bicyclic) bond motifs is 8. The lowest BCUT2D eigenvalue weighted by Crippen LogP contribution is -2.23. The standard InChI is InChI=1S/C50H42/c1-49(2,3)32-24-31-25-33(50(4,5)6)27-40-42(31)39(26-32)47-43(29-16-9-7-10-17-29)41-28-38-35-21-14-13-20-34(35)36-22-15-23-37(45(36)38)46(41)44(48(40)47)30-18-11-8-12-19-30/h7-28,31,42H,1-6H3. The van der Waals surface area contributed by atoms with Crippen molar-refractivity contribution in [3.05, 3.63) is 156 Å². The van der Waals surface area contributed by atoms with Gasteiger partial charge in [-0.2, -0.15) is 0 Å². The highest BCUT2D eigenvalue weighted by Gasteiger charge is 2.45. The van der Waals surface area contributed by atoms with Crippen LogP contribution >= 0.6 is 0 Å². The minimum absolute atomic E-state index is 0.0326. The van der Waals surface area contributed by atoms with Gasteiger partial charge in [0.05, 0.1) is 0 Å². The van der Waals surface area contributed by atoms with Gasteiger partial charge in [-0.1, -0.05) is 169 Å². The van der Waals surface area contributed by atoms with Crippen LogP contribution in [0.3, 0.4) is 0 Å². The van der Waals surface area contributed by atoms with Crippen molar-refractivity contribution in [2.75, 3.05) is 0 Å². The van der Waals surface area contributed by atoms with Crippen LogP contribution in [0, 0.1) is 22.7 Å². The van der Waals surface area contributed by atoms with Crippen molar-refractivity contribution in [3.8, 4) is 44.5 Å². The lowest BCUT2D eigenvalue weighted by atomic mass is 9.68. The Balaban J connectivity index is 1.48. The highest BCUT2D eigenvalue weighted by Crippen LogP contribution is 2.63. The highest BCUT2D eigenvalue weighted by molar-refractivity contribution is 6.31. The second-order valence-electron chi connectivity index (χ2n) is 16.9. The molecule has 0 bridgehead atoms. The molecule has 0 N–H and O–H groups in total. The summed E-state index contributed by atoms with van der Waals surface area (Å²) in [6.45, 7) is 14.2. The average molecular weight is 643 g/mol. The van der Waals surface area contributed by atoms with Gasteiger partial charge in [-0.15, -0.1) is 0 Å². The van der Waals surface area contributed by atoms with Gasteiger partial charge in [0.25, 0.3) is 0 Å². The molecule has 0 saturated heterocycles. The van der Waals surface area contributed by atoms with Crippen molar-refractivity contribution in [1.29, 1.82) is 0 Å². The van der Waals surface area contributed by atoms with E-state index < -0.39 is 0 Å². The van der Waals surface area contributed by atoms with Crippen LogP contribution in [0.25, 0.3) is 77.2 Å². The maximum atomic E-state index is 2.60. The molecule has 0 fully saturated rings. The summed E-state index contributed by atoms with van der Waals surface area (Å²) >= 11 is 0. The molecule has 0 aliphatic heterocycles. The van der Waals surface area contributed by atoms with Gasteiger partial charge in [0, 0.05) is 11.8 Å². The molecular weight excluding hydrogens is 601 g/mol. The smallest absolute Gasteiger partial charge is 0.0200 e. The van der Waals surface area contributed by atoms with Gasteiger partial charge in [-0.3, -0.25) is 0 Å². The summed E-state index contributed by atoms with van der Waals surface area (Å²) < 4.78 is 0. The summed E-state index contributed by atoms with van der Waals surface area (Å²) in [7, 11) is 0. The largest absolute Gasteiger partial charge is 0.0729 e. The van der Waals surface area contributed by atoms with Crippen molar-refractivity contribution < 1.29 is 0 Å². The second kappa shape index (κ2) is 10.2. The molecule has 4 aliphatic carbocycles. The molecule has 6 aromatic rings. The SMILES string of the molecule is CC(C)(C)C1=CC2C=C(C(C)(C)C)C=C3c4c(c(-c5ccccc5)c5cc6c7c(cccc7c5c4-c4ccccc4)-c4ccccc4-6)C(=C1)C32. The van der Waals surface area contributed by atoms with E-state index in [1.54, 1.807) is 0 Å². The monoisotopic (exact) mass is 642 g/mol. The first-order valence-electron chi connectivity index (χ1n) is 18.3. The molecule has 4 aliphatic rings. The normalized spacial score (nSPS) is 18.7. The Morgan fingerprint density at radius 1 is 0.420 bits per heavy atom. The molecule has 0 saturated carbocycles.